The molecule has 0 aliphatic carbocycles. The second kappa shape index (κ2) is 3.46. The Morgan fingerprint density at radius 3 is 2.73 bits per heavy atom. The Balaban J connectivity index is 2.81. The Morgan fingerprint density at radius 2 is 2.27 bits per heavy atom. The maximum Gasteiger partial charge on any atom is 0.141 e. The van der Waals surface area contributed by atoms with Crippen LogP contribution in [0.15, 0.2) is 18.3 Å². The van der Waals surface area contributed by atoms with Gasteiger partial charge in [0.1, 0.15) is 5.82 Å². The Bertz CT molecular complexity index is 218. The highest BCUT2D eigenvalue weighted by Crippen LogP contribution is 2.15. The average Bonchev–Trinajstić information content (AvgIpc) is 2.05. The van der Waals surface area contributed by atoms with Crippen molar-refractivity contribution in [2.24, 2.45) is 0 Å². The number of aromatic nitrogens is 1. The molecule has 0 aliphatic rings. The van der Waals surface area contributed by atoms with Gasteiger partial charge < -0.3 is 0 Å². The summed E-state index contributed by atoms with van der Waals surface area (Å²) in [6.45, 7) is 4.18. The number of rotatable bonds is 2. The van der Waals surface area contributed by atoms with E-state index in [1.54, 1.807) is 6.07 Å². The number of halogens is 1. The molecule has 0 amide bonds. The molecule has 1 aromatic heterocycles. The molecule has 0 N–H and O–H groups in total. The predicted molar refractivity (Wildman–Crippen MR) is 42.9 cm³/mol. The van der Waals surface area contributed by atoms with E-state index in [-0.39, 0.29) is 5.82 Å². The van der Waals surface area contributed by atoms with E-state index in [0.29, 0.717) is 5.92 Å². The third kappa shape index (κ3) is 2.00. The van der Waals surface area contributed by atoms with Crippen molar-refractivity contribution >= 4 is 0 Å². The summed E-state index contributed by atoms with van der Waals surface area (Å²) in [5.74, 6) is 0.160. The van der Waals surface area contributed by atoms with E-state index >= 15 is 0 Å². The fourth-order valence-electron chi connectivity index (χ4n) is 0.888. The molecule has 1 aromatic rings. The highest BCUT2D eigenvalue weighted by molar-refractivity contribution is 5.09. The number of pyridine rings is 1. The Morgan fingerprint density at radius 1 is 1.55 bits per heavy atom. The summed E-state index contributed by atoms with van der Waals surface area (Å²) in [4.78, 5) is 3.97. The van der Waals surface area contributed by atoms with E-state index < -0.39 is 0 Å². The second-order valence-corrected chi connectivity index (χ2v) is 2.71. The normalized spacial score (nSPS) is 13.0. The van der Waals surface area contributed by atoms with E-state index in [2.05, 4.69) is 18.8 Å². The van der Waals surface area contributed by atoms with Gasteiger partial charge in [-0.25, -0.2) is 4.39 Å². The largest absolute Gasteiger partial charge is 0.258 e. The number of nitrogens with zero attached hydrogens (tertiary/aromatic N) is 1. The standard InChI is InChI=1S/C9H12FN/c1-3-7(2)9-5-4-8(10)6-11-9/h4-7H,3H2,1-2H3. The average molecular weight is 153 g/mol. The maximum absolute atomic E-state index is 12.4. The molecule has 0 aliphatic heterocycles. The molecule has 11 heavy (non-hydrogen) atoms. The van der Waals surface area contributed by atoms with Gasteiger partial charge in [0.2, 0.25) is 0 Å². The predicted octanol–water partition coefficient (Wildman–Crippen LogP) is 2.73. The molecule has 0 saturated carbocycles. The van der Waals surface area contributed by atoms with Gasteiger partial charge in [0, 0.05) is 5.69 Å². The summed E-state index contributed by atoms with van der Waals surface area (Å²) >= 11 is 0. The highest BCUT2D eigenvalue weighted by Gasteiger charge is 2.02. The lowest BCUT2D eigenvalue weighted by Crippen LogP contribution is -1.94. The Hall–Kier alpha value is -0.920. The van der Waals surface area contributed by atoms with Crippen LogP contribution in [0.25, 0.3) is 0 Å². The van der Waals surface area contributed by atoms with E-state index in [1.807, 2.05) is 0 Å². The van der Waals surface area contributed by atoms with Crippen molar-refractivity contribution in [2.45, 2.75) is 26.2 Å². The monoisotopic (exact) mass is 153 g/mol. The maximum atomic E-state index is 12.4. The quantitative estimate of drug-likeness (QED) is 0.636. The first-order valence-electron chi connectivity index (χ1n) is 3.85. The highest BCUT2D eigenvalue weighted by atomic mass is 19.1. The molecule has 0 aromatic carbocycles. The van der Waals surface area contributed by atoms with Gasteiger partial charge in [-0.3, -0.25) is 4.98 Å². The van der Waals surface area contributed by atoms with Gasteiger partial charge in [-0.15, -0.1) is 0 Å². The van der Waals surface area contributed by atoms with Crippen LogP contribution in [0.1, 0.15) is 31.9 Å². The van der Waals surface area contributed by atoms with Crippen molar-refractivity contribution in [3.8, 4) is 0 Å². The van der Waals surface area contributed by atoms with Crippen molar-refractivity contribution in [3.63, 3.8) is 0 Å². The molecule has 0 saturated heterocycles. The van der Waals surface area contributed by atoms with Gasteiger partial charge in [-0.2, -0.15) is 0 Å². The zero-order valence-electron chi connectivity index (χ0n) is 6.84. The van der Waals surface area contributed by atoms with Crippen LogP contribution in [-0.2, 0) is 0 Å². The van der Waals surface area contributed by atoms with Gasteiger partial charge >= 0.3 is 0 Å². The topological polar surface area (TPSA) is 12.9 Å². The summed E-state index contributed by atoms with van der Waals surface area (Å²) in [6, 6.07) is 3.19. The fourth-order valence-corrected chi connectivity index (χ4v) is 0.888. The molecular weight excluding hydrogens is 141 g/mol. The van der Waals surface area contributed by atoms with Crippen LogP contribution in [0.5, 0.6) is 0 Å². The second-order valence-electron chi connectivity index (χ2n) is 2.71. The van der Waals surface area contributed by atoms with E-state index in [4.69, 9.17) is 0 Å². The van der Waals surface area contributed by atoms with Crippen LogP contribution < -0.4 is 0 Å². The van der Waals surface area contributed by atoms with Crippen LogP contribution in [0.4, 0.5) is 4.39 Å². The summed E-state index contributed by atoms with van der Waals surface area (Å²) in [5.41, 5.74) is 0.967. The minimum atomic E-state index is -0.267. The van der Waals surface area contributed by atoms with Crippen molar-refractivity contribution in [2.75, 3.05) is 0 Å². The van der Waals surface area contributed by atoms with Gasteiger partial charge in [-0.05, 0) is 24.5 Å². The molecule has 0 spiro atoms. The van der Waals surface area contributed by atoms with Gasteiger partial charge in [0.05, 0.1) is 6.20 Å². The lowest BCUT2D eigenvalue weighted by atomic mass is 10.1. The van der Waals surface area contributed by atoms with Gasteiger partial charge in [0.25, 0.3) is 0 Å². The molecule has 1 unspecified atom stereocenters. The minimum absolute atomic E-state index is 0.267. The smallest absolute Gasteiger partial charge is 0.141 e. The fraction of sp³-hybridized carbons (Fsp3) is 0.444. The molecular formula is C9H12FN. The van der Waals surface area contributed by atoms with Crippen LogP contribution >= 0.6 is 0 Å². The molecule has 1 nitrogen and oxygen atoms in total. The summed E-state index contributed by atoms with van der Waals surface area (Å²) in [5, 5.41) is 0. The zero-order chi connectivity index (χ0) is 8.27. The zero-order valence-corrected chi connectivity index (χ0v) is 6.84. The van der Waals surface area contributed by atoms with Gasteiger partial charge in [0.15, 0.2) is 0 Å². The van der Waals surface area contributed by atoms with E-state index in [1.165, 1.54) is 12.3 Å². The van der Waals surface area contributed by atoms with Gasteiger partial charge in [-0.1, -0.05) is 13.8 Å². The molecule has 1 heterocycles. The molecule has 0 fully saturated rings. The first-order valence-corrected chi connectivity index (χ1v) is 3.85. The Kier molecular flexibility index (Phi) is 2.58. The third-order valence-electron chi connectivity index (χ3n) is 1.87. The summed E-state index contributed by atoms with van der Waals surface area (Å²) in [6.07, 6.45) is 2.31. The molecule has 60 valence electrons. The molecule has 0 bridgehead atoms. The van der Waals surface area contributed by atoms with E-state index in [9.17, 15) is 4.39 Å². The first kappa shape index (κ1) is 8.18. The van der Waals surface area contributed by atoms with Crippen molar-refractivity contribution < 1.29 is 4.39 Å². The van der Waals surface area contributed by atoms with Crippen molar-refractivity contribution in [1.29, 1.82) is 0 Å². The summed E-state index contributed by atoms with van der Waals surface area (Å²) < 4.78 is 12.4. The van der Waals surface area contributed by atoms with Crippen LogP contribution in [0, 0.1) is 5.82 Å². The van der Waals surface area contributed by atoms with Crippen molar-refractivity contribution in [3.05, 3.63) is 29.8 Å². The molecule has 2 heteroatoms. The molecule has 1 atom stereocenters. The number of hydrogen-bond acceptors (Lipinski definition) is 1. The minimum Gasteiger partial charge on any atom is -0.258 e. The van der Waals surface area contributed by atoms with Crippen LogP contribution in [0.2, 0.25) is 0 Å². The molecule has 0 radical (unpaired) electrons. The lowest BCUT2D eigenvalue weighted by Gasteiger charge is -2.05. The first-order chi connectivity index (χ1) is 5.24. The van der Waals surface area contributed by atoms with Crippen LogP contribution in [-0.4, -0.2) is 4.98 Å². The molecule has 1 rings (SSSR count). The lowest BCUT2D eigenvalue weighted by molar-refractivity contribution is 0.613. The Labute approximate surface area is 66.3 Å². The SMILES string of the molecule is CCC(C)c1ccc(F)cn1. The van der Waals surface area contributed by atoms with Crippen molar-refractivity contribution in [1.82, 2.24) is 4.98 Å². The van der Waals surface area contributed by atoms with Crippen LogP contribution in [0.3, 0.4) is 0 Å². The van der Waals surface area contributed by atoms with E-state index in [0.717, 1.165) is 12.1 Å². The number of hydrogen-bond donors (Lipinski definition) is 0. The summed E-state index contributed by atoms with van der Waals surface area (Å²) in [7, 11) is 0. The third-order valence-corrected chi connectivity index (χ3v) is 1.87.